The first-order valence-corrected chi connectivity index (χ1v) is 12.8. The first kappa shape index (κ1) is 25.0. The number of nitrogens with one attached hydrogen (secondary N) is 2. The van der Waals surface area contributed by atoms with Crippen LogP contribution in [0.2, 0.25) is 0 Å². The molecule has 0 aromatic heterocycles. The van der Waals surface area contributed by atoms with Crippen LogP contribution in [0.3, 0.4) is 0 Å². The number of aryl methyl sites for hydroxylation is 1. The van der Waals surface area contributed by atoms with E-state index in [1.807, 2.05) is 55.5 Å². The minimum atomic E-state index is -0.923. The molecule has 5 nitrogen and oxygen atoms in total. The third kappa shape index (κ3) is 6.52. The van der Waals surface area contributed by atoms with Gasteiger partial charge in [-0.2, -0.15) is 0 Å². The maximum absolute atomic E-state index is 13.2. The van der Waals surface area contributed by atoms with Crippen molar-refractivity contribution < 1.29 is 14.7 Å². The zero-order chi connectivity index (χ0) is 24.8. The molecule has 2 aromatic rings. The third-order valence-corrected chi connectivity index (χ3v) is 7.69. The molecule has 2 saturated carbocycles. The van der Waals surface area contributed by atoms with Gasteiger partial charge in [-0.05, 0) is 68.6 Å². The van der Waals surface area contributed by atoms with Crippen LogP contribution in [-0.4, -0.2) is 35.1 Å². The number of hydrogen-bond acceptors (Lipinski definition) is 3. The van der Waals surface area contributed by atoms with Crippen LogP contribution in [0, 0.1) is 37.0 Å². The van der Waals surface area contributed by atoms with E-state index in [1.165, 1.54) is 19.3 Å². The van der Waals surface area contributed by atoms with Gasteiger partial charge in [0.15, 0.2) is 0 Å². The molecule has 35 heavy (non-hydrogen) atoms. The molecule has 0 heterocycles. The molecule has 0 spiro atoms. The monoisotopic (exact) mass is 472 g/mol. The van der Waals surface area contributed by atoms with Crippen molar-refractivity contribution in [2.75, 3.05) is 0 Å². The number of carbonyl (C=O) groups is 2. The molecular weight excluding hydrogens is 436 g/mol. The Morgan fingerprint density at radius 1 is 1.11 bits per heavy atom. The van der Waals surface area contributed by atoms with Crippen LogP contribution in [0.15, 0.2) is 54.6 Å². The van der Waals surface area contributed by atoms with E-state index in [4.69, 9.17) is 6.42 Å². The number of terminal acetylenes is 1. The zero-order valence-electron chi connectivity index (χ0n) is 20.5. The summed E-state index contributed by atoms with van der Waals surface area (Å²) in [6, 6.07) is 16.8. The Morgan fingerprint density at radius 3 is 2.57 bits per heavy atom. The molecule has 5 heteroatoms. The lowest BCUT2D eigenvalue weighted by molar-refractivity contribution is -0.127. The predicted octanol–water partition coefficient (Wildman–Crippen LogP) is 4.03. The van der Waals surface area contributed by atoms with E-state index < -0.39 is 18.1 Å². The molecule has 184 valence electrons. The highest BCUT2D eigenvalue weighted by molar-refractivity contribution is 5.94. The summed E-state index contributed by atoms with van der Waals surface area (Å²) >= 11 is 0. The quantitative estimate of drug-likeness (QED) is 0.457. The lowest BCUT2D eigenvalue weighted by Crippen LogP contribution is -2.48. The highest BCUT2D eigenvalue weighted by Crippen LogP contribution is 2.44. The summed E-state index contributed by atoms with van der Waals surface area (Å²) in [6.07, 6.45) is 10.3. The van der Waals surface area contributed by atoms with Gasteiger partial charge in [-0.15, -0.1) is 12.3 Å². The Bertz CT molecular complexity index is 1060. The van der Waals surface area contributed by atoms with E-state index in [-0.39, 0.29) is 30.7 Å². The molecule has 2 aliphatic carbocycles. The fourth-order valence-corrected chi connectivity index (χ4v) is 5.79. The summed E-state index contributed by atoms with van der Waals surface area (Å²) in [5.74, 6) is 3.10. The van der Waals surface area contributed by atoms with E-state index in [9.17, 15) is 14.7 Å². The lowest BCUT2D eigenvalue weighted by atomic mass is 9.89. The van der Waals surface area contributed by atoms with E-state index >= 15 is 0 Å². The summed E-state index contributed by atoms with van der Waals surface area (Å²) in [6.45, 7) is 1.94. The van der Waals surface area contributed by atoms with Gasteiger partial charge < -0.3 is 15.7 Å². The number of aliphatic hydroxyl groups is 1. The highest BCUT2D eigenvalue weighted by Gasteiger charge is 2.41. The average molecular weight is 473 g/mol. The molecule has 3 N–H and O–H groups in total. The van der Waals surface area contributed by atoms with Gasteiger partial charge in [-0.3, -0.25) is 9.59 Å². The lowest BCUT2D eigenvalue weighted by Gasteiger charge is -2.29. The van der Waals surface area contributed by atoms with Crippen LogP contribution in [0.25, 0.3) is 0 Å². The van der Waals surface area contributed by atoms with Gasteiger partial charge in [0.1, 0.15) is 0 Å². The van der Waals surface area contributed by atoms with Crippen molar-refractivity contribution in [2.45, 2.75) is 70.1 Å². The van der Waals surface area contributed by atoms with Crippen molar-refractivity contribution in [3.05, 3.63) is 71.3 Å². The van der Waals surface area contributed by atoms with Crippen molar-refractivity contribution in [1.29, 1.82) is 0 Å². The van der Waals surface area contributed by atoms with Gasteiger partial charge >= 0.3 is 0 Å². The minimum Gasteiger partial charge on any atom is -0.391 e. The molecule has 0 saturated heterocycles. The van der Waals surface area contributed by atoms with Crippen molar-refractivity contribution in [1.82, 2.24) is 10.6 Å². The number of aliphatic hydroxyl groups excluding tert-OH is 1. The summed E-state index contributed by atoms with van der Waals surface area (Å²) in [5.41, 5.74) is 2.54. The van der Waals surface area contributed by atoms with Crippen molar-refractivity contribution >= 4 is 11.8 Å². The largest absolute Gasteiger partial charge is 0.391 e. The van der Waals surface area contributed by atoms with Crippen LogP contribution >= 0.6 is 0 Å². The van der Waals surface area contributed by atoms with Crippen LogP contribution in [0.5, 0.6) is 0 Å². The normalized spacial score (nSPS) is 23.2. The number of rotatable bonds is 10. The maximum atomic E-state index is 13.2. The standard InChI is InChI=1S/C30H36N2O3/c1-3-8-24(29(34)31-26-18-22-13-14-23(26)16-22)19-28(33)27(17-21-10-5-4-6-11-21)32-30(35)25-12-7-9-20(2)15-25/h1,4-7,9-12,15,22-24,26-28,33H,8,13-14,16-19H2,2H3,(H,31,34)(H,32,35)/t22?,23?,24-,26?,27+,28+/m1/s1. The molecule has 3 unspecified atom stereocenters. The van der Waals surface area contributed by atoms with Crippen molar-refractivity contribution in [3.63, 3.8) is 0 Å². The molecule has 2 aromatic carbocycles. The topological polar surface area (TPSA) is 78.4 Å². The maximum Gasteiger partial charge on any atom is 0.251 e. The van der Waals surface area contributed by atoms with Crippen molar-refractivity contribution in [2.24, 2.45) is 17.8 Å². The predicted molar refractivity (Wildman–Crippen MR) is 138 cm³/mol. The molecule has 4 rings (SSSR count). The van der Waals surface area contributed by atoms with Gasteiger partial charge in [-0.25, -0.2) is 0 Å². The Labute approximate surface area is 208 Å². The number of benzene rings is 2. The summed E-state index contributed by atoms with van der Waals surface area (Å²) < 4.78 is 0. The van der Waals surface area contributed by atoms with E-state index in [0.29, 0.717) is 17.9 Å². The third-order valence-electron chi connectivity index (χ3n) is 7.69. The smallest absolute Gasteiger partial charge is 0.251 e. The first-order chi connectivity index (χ1) is 16.9. The Kier molecular flexibility index (Phi) is 8.25. The fourth-order valence-electron chi connectivity index (χ4n) is 5.79. The van der Waals surface area contributed by atoms with E-state index in [1.54, 1.807) is 6.07 Å². The van der Waals surface area contributed by atoms with E-state index in [2.05, 4.69) is 16.6 Å². The van der Waals surface area contributed by atoms with E-state index in [0.717, 1.165) is 23.5 Å². The average Bonchev–Trinajstić information content (AvgIpc) is 3.47. The summed E-state index contributed by atoms with van der Waals surface area (Å²) in [7, 11) is 0. The molecular formula is C30H36N2O3. The second-order valence-electron chi connectivity index (χ2n) is 10.3. The van der Waals surface area contributed by atoms with Crippen LogP contribution in [-0.2, 0) is 11.2 Å². The Morgan fingerprint density at radius 2 is 1.91 bits per heavy atom. The summed E-state index contributed by atoms with van der Waals surface area (Å²) in [5, 5.41) is 17.5. The number of hydrogen-bond donors (Lipinski definition) is 3. The van der Waals surface area contributed by atoms with Crippen molar-refractivity contribution in [3.8, 4) is 12.3 Å². The second kappa shape index (κ2) is 11.6. The molecule has 6 atom stereocenters. The number of fused-ring (bicyclic) bond motifs is 2. The van der Waals surface area contributed by atoms with Gasteiger partial charge in [0.2, 0.25) is 5.91 Å². The Balaban J connectivity index is 1.45. The molecule has 2 aliphatic rings. The number of carbonyl (C=O) groups excluding carboxylic acids is 2. The fraction of sp³-hybridized carbons (Fsp3) is 0.467. The van der Waals surface area contributed by atoms with Gasteiger partial charge in [-0.1, -0.05) is 54.4 Å². The Hall–Kier alpha value is -3.10. The minimum absolute atomic E-state index is 0.0805. The zero-order valence-corrected chi connectivity index (χ0v) is 20.5. The van der Waals surface area contributed by atoms with Crippen LogP contribution in [0.4, 0.5) is 0 Å². The first-order valence-electron chi connectivity index (χ1n) is 12.8. The van der Waals surface area contributed by atoms with Gasteiger partial charge in [0.05, 0.1) is 18.1 Å². The molecule has 0 aliphatic heterocycles. The van der Waals surface area contributed by atoms with Crippen LogP contribution < -0.4 is 10.6 Å². The second-order valence-corrected chi connectivity index (χ2v) is 10.3. The van der Waals surface area contributed by atoms with Crippen LogP contribution in [0.1, 0.15) is 60.0 Å². The number of amides is 2. The highest BCUT2D eigenvalue weighted by atomic mass is 16.3. The molecule has 2 fully saturated rings. The SMILES string of the molecule is C#CC[C@H](C[C@H](O)[C@H](Cc1ccccc1)NC(=O)c1cccc(C)c1)C(=O)NC1CC2CCC1C2. The molecule has 2 bridgehead atoms. The van der Waals surface area contributed by atoms with Gasteiger partial charge in [0.25, 0.3) is 5.91 Å². The van der Waals surface area contributed by atoms with Gasteiger partial charge in [0, 0.05) is 18.0 Å². The summed E-state index contributed by atoms with van der Waals surface area (Å²) in [4.78, 5) is 26.2. The molecule has 0 radical (unpaired) electrons. The molecule has 2 amide bonds.